The highest BCUT2D eigenvalue weighted by atomic mass is 16.4. The number of para-hydroxylation sites is 1. The third-order valence-electron chi connectivity index (χ3n) is 1.38. The third-order valence-corrected chi connectivity index (χ3v) is 1.38. The first kappa shape index (κ1) is 7.60. The van der Waals surface area contributed by atoms with Gasteiger partial charge in [0.1, 0.15) is 6.09 Å². The average molecular weight is 150 g/mol. The molecule has 3 nitrogen and oxygen atoms in total. The second kappa shape index (κ2) is 3.05. The van der Waals surface area contributed by atoms with Crippen molar-refractivity contribution in [2.75, 3.05) is 5.32 Å². The van der Waals surface area contributed by atoms with E-state index in [0.717, 1.165) is 5.56 Å². The van der Waals surface area contributed by atoms with Crippen LogP contribution in [0, 0.1) is 6.92 Å². The molecule has 0 bridgehead atoms. The summed E-state index contributed by atoms with van der Waals surface area (Å²) in [5.74, 6) is 0. The first-order valence-corrected chi connectivity index (χ1v) is 3.24. The van der Waals surface area contributed by atoms with Gasteiger partial charge >= 0.3 is 0 Å². The molecular formula is C8H8NO2-. The molecular weight excluding hydrogens is 142 g/mol. The van der Waals surface area contributed by atoms with Crippen molar-refractivity contribution < 1.29 is 9.90 Å². The average Bonchev–Trinajstić information content (AvgIpc) is 1.93. The highest BCUT2D eigenvalue weighted by Crippen LogP contribution is 2.11. The molecule has 1 aromatic carbocycles. The monoisotopic (exact) mass is 150 g/mol. The molecule has 1 rings (SSSR count). The fourth-order valence-electron chi connectivity index (χ4n) is 0.823. The number of hydrogen-bond donors (Lipinski definition) is 1. The van der Waals surface area contributed by atoms with Crippen molar-refractivity contribution in [3.05, 3.63) is 29.8 Å². The maximum absolute atomic E-state index is 10.1. The first-order valence-electron chi connectivity index (χ1n) is 3.24. The third kappa shape index (κ3) is 1.97. The van der Waals surface area contributed by atoms with Gasteiger partial charge in [-0.1, -0.05) is 18.2 Å². The summed E-state index contributed by atoms with van der Waals surface area (Å²) in [5.41, 5.74) is 1.46. The van der Waals surface area contributed by atoms with E-state index >= 15 is 0 Å². The van der Waals surface area contributed by atoms with Gasteiger partial charge in [0.15, 0.2) is 0 Å². The standard InChI is InChI=1S/C8H9NO2/c1-6-4-2-3-5-7(6)9-8(10)11/h2-5,9H,1H3,(H,10,11)/p-1. The number of rotatable bonds is 1. The Morgan fingerprint density at radius 2 is 2.09 bits per heavy atom. The van der Waals surface area contributed by atoms with Crippen LogP contribution in [0.25, 0.3) is 0 Å². The normalized spacial score (nSPS) is 9.18. The topological polar surface area (TPSA) is 52.2 Å². The molecule has 0 saturated carbocycles. The van der Waals surface area contributed by atoms with Crippen LogP contribution in [0.2, 0.25) is 0 Å². The lowest BCUT2D eigenvalue weighted by Gasteiger charge is -2.08. The summed E-state index contributed by atoms with van der Waals surface area (Å²) in [6.07, 6.45) is -1.28. The van der Waals surface area contributed by atoms with E-state index in [1.807, 2.05) is 19.1 Å². The molecule has 0 saturated heterocycles. The number of nitrogens with one attached hydrogen (secondary N) is 1. The number of amides is 1. The zero-order valence-electron chi connectivity index (χ0n) is 6.13. The molecule has 0 aliphatic heterocycles. The summed E-state index contributed by atoms with van der Waals surface area (Å²) in [4.78, 5) is 10.1. The van der Waals surface area contributed by atoms with Gasteiger partial charge in [-0.25, -0.2) is 0 Å². The van der Waals surface area contributed by atoms with Gasteiger partial charge in [-0.2, -0.15) is 0 Å². The van der Waals surface area contributed by atoms with E-state index in [4.69, 9.17) is 0 Å². The van der Waals surface area contributed by atoms with E-state index in [1.54, 1.807) is 12.1 Å². The molecule has 1 aromatic rings. The molecule has 0 aliphatic carbocycles. The van der Waals surface area contributed by atoms with Gasteiger partial charge in [-0.15, -0.1) is 0 Å². The molecule has 0 aromatic heterocycles. The second-order valence-electron chi connectivity index (χ2n) is 2.23. The van der Waals surface area contributed by atoms with Crippen LogP contribution in [0.4, 0.5) is 10.5 Å². The smallest absolute Gasteiger partial charge is 0.138 e. The van der Waals surface area contributed by atoms with Gasteiger partial charge in [-0.05, 0) is 18.6 Å². The number of carboxylic acid groups (broad SMARTS) is 1. The van der Waals surface area contributed by atoms with Crippen molar-refractivity contribution in [1.82, 2.24) is 0 Å². The van der Waals surface area contributed by atoms with Crippen molar-refractivity contribution in [1.29, 1.82) is 0 Å². The lowest BCUT2D eigenvalue weighted by Crippen LogP contribution is -2.28. The Kier molecular flexibility index (Phi) is 2.11. The number of carbonyl (C=O) groups excluding carboxylic acids is 1. The number of carbonyl (C=O) groups is 1. The largest absolute Gasteiger partial charge is 0.530 e. The molecule has 0 radical (unpaired) electrons. The number of hydrogen-bond acceptors (Lipinski definition) is 2. The second-order valence-corrected chi connectivity index (χ2v) is 2.23. The van der Waals surface area contributed by atoms with Crippen molar-refractivity contribution in [2.45, 2.75) is 6.92 Å². The summed E-state index contributed by atoms with van der Waals surface area (Å²) < 4.78 is 0. The molecule has 1 amide bonds. The molecule has 0 unspecified atom stereocenters. The molecule has 0 atom stereocenters. The predicted octanol–water partition coefficient (Wildman–Crippen LogP) is 0.750. The Labute approximate surface area is 64.7 Å². The number of aryl methyl sites for hydroxylation is 1. The quantitative estimate of drug-likeness (QED) is 0.642. The lowest BCUT2D eigenvalue weighted by molar-refractivity contribution is -0.242. The SMILES string of the molecule is Cc1ccccc1NC(=O)[O-]. The molecule has 0 fully saturated rings. The van der Waals surface area contributed by atoms with E-state index < -0.39 is 6.09 Å². The summed E-state index contributed by atoms with van der Waals surface area (Å²) in [7, 11) is 0. The van der Waals surface area contributed by atoms with E-state index in [0.29, 0.717) is 5.69 Å². The van der Waals surface area contributed by atoms with Gasteiger partial charge in [0.2, 0.25) is 0 Å². The van der Waals surface area contributed by atoms with Crippen molar-refractivity contribution in [3.63, 3.8) is 0 Å². The minimum Gasteiger partial charge on any atom is -0.530 e. The minimum atomic E-state index is -1.28. The highest BCUT2D eigenvalue weighted by Gasteiger charge is 1.93. The zero-order chi connectivity index (χ0) is 8.27. The maximum Gasteiger partial charge on any atom is 0.138 e. The fraction of sp³-hybridized carbons (Fsp3) is 0.125. The summed E-state index contributed by atoms with van der Waals surface area (Å²) in [6, 6.07) is 7.12. The van der Waals surface area contributed by atoms with Crippen molar-refractivity contribution in [2.24, 2.45) is 0 Å². The molecule has 11 heavy (non-hydrogen) atoms. The van der Waals surface area contributed by atoms with E-state index in [-0.39, 0.29) is 0 Å². The van der Waals surface area contributed by atoms with Gasteiger partial charge < -0.3 is 15.2 Å². The molecule has 0 spiro atoms. The van der Waals surface area contributed by atoms with Crippen molar-refractivity contribution in [3.8, 4) is 0 Å². The first-order chi connectivity index (χ1) is 5.20. The molecule has 1 N–H and O–H groups in total. The van der Waals surface area contributed by atoms with Gasteiger partial charge in [0.25, 0.3) is 0 Å². The summed E-state index contributed by atoms with van der Waals surface area (Å²) in [6.45, 7) is 1.82. The van der Waals surface area contributed by atoms with E-state index in [1.165, 1.54) is 0 Å². The molecule has 0 heterocycles. The maximum atomic E-state index is 10.1. The van der Waals surface area contributed by atoms with Crippen molar-refractivity contribution >= 4 is 11.8 Å². The van der Waals surface area contributed by atoms with Gasteiger partial charge in [-0.3, -0.25) is 0 Å². The van der Waals surface area contributed by atoms with Crippen LogP contribution in [-0.2, 0) is 0 Å². The van der Waals surface area contributed by atoms with Crippen LogP contribution in [0.3, 0.4) is 0 Å². The minimum absolute atomic E-state index is 0.576. The van der Waals surface area contributed by atoms with Crippen LogP contribution in [0.15, 0.2) is 24.3 Å². The number of benzene rings is 1. The van der Waals surface area contributed by atoms with E-state index in [2.05, 4.69) is 5.32 Å². The Balaban J connectivity index is 2.86. The van der Waals surface area contributed by atoms with E-state index in [9.17, 15) is 9.90 Å². The summed E-state index contributed by atoms with van der Waals surface area (Å²) >= 11 is 0. The van der Waals surface area contributed by atoms with Crippen LogP contribution in [0.5, 0.6) is 0 Å². The predicted molar refractivity (Wildman–Crippen MR) is 40.2 cm³/mol. The van der Waals surface area contributed by atoms with Crippen LogP contribution in [0.1, 0.15) is 5.56 Å². The molecule has 3 heteroatoms. The van der Waals surface area contributed by atoms with Crippen LogP contribution in [-0.4, -0.2) is 6.09 Å². The zero-order valence-corrected chi connectivity index (χ0v) is 6.13. The summed E-state index contributed by atoms with van der Waals surface area (Å²) in [5, 5.41) is 12.3. The Hall–Kier alpha value is -1.51. The van der Waals surface area contributed by atoms with Crippen LogP contribution < -0.4 is 10.4 Å². The Morgan fingerprint density at radius 1 is 1.45 bits per heavy atom. The molecule has 0 aliphatic rings. The van der Waals surface area contributed by atoms with Crippen LogP contribution >= 0.6 is 0 Å². The fourth-order valence-corrected chi connectivity index (χ4v) is 0.823. The molecule has 58 valence electrons. The highest BCUT2D eigenvalue weighted by molar-refractivity contribution is 5.82. The Bertz CT molecular complexity index is 271. The Morgan fingerprint density at radius 3 is 2.64 bits per heavy atom. The number of anilines is 1. The van der Waals surface area contributed by atoms with Gasteiger partial charge in [0.05, 0.1) is 0 Å². The lowest BCUT2D eigenvalue weighted by atomic mass is 10.2. The van der Waals surface area contributed by atoms with Gasteiger partial charge in [0, 0.05) is 5.69 Å².